The van der Waals surface area contributed by atoms with Gasteiger partial charge < -0.3 is 10.1 Å². The predicted octanol–water partition coefficient (Wildman–Crippen LogP) is 4.10. The molecule has 106 valence electrons. The molecule has 0 aromatic heterocycles. The van der Waals surface area contributed by atoms with Gasteiger partial charge in [0.05, 0.1) is 7.11 Å². The summed E-state index contributed by atoms with van der Waals surface area (Å²) in [5, 5.41) is 3.23. The SMILES string of the molecule is CNC(Cc1cc(OC)ccc1Br)c1cccc(F)c1. The lowest BCUT2D eigenvalue weighted by molar-refractivity contribution is 0.413. The summed E-state index contributed by atoms with van der Waals surface area (Å²) in [6.45, 7) is 0. The van der Waals surface area contributed by atoms with Crippen molar-refractivity contribution in [2.24, 2.45) is 0 Å². The van der Waals surface area contributed by atoms with E-state index in [4.69, 9.17) is 4.74 Å². The number of hydrogen-bond donors (Lipinski definition) is 1. The third-order valence-electron chi connectivity index (χ3n) is 3.28. The molecular weight excluding hydrogens is 321 g/mol. The number of ether oxygens (including phenoxy) is 1. The predicted molar refractivity (Wildman–Crippen MR) is 82.6 cm³/mol. The van der Waals surface area contributed by atoms with E-state index in [1.807, 2.05) is 31.3 Å². The van der Waals surface area contributed by atoms with Gasteiger partial charge in [0.15, 0.2) is 0 Å². The lowest BCUT2D eigenvalue weighted by atomic mass is 9.99. The Bertz CT molecular complexity index is 588. The Morgan fingerprint density at radius 1 is 1.25 bits per heavy atom. The Morgan fingerprint density at radius 3 is 2.70 bits per heavy atom. The Morgan fingerprint density at radius 2 is 2.05 bits per heavy atom. The van der Waals surface area contributed by atoms with Crippen molar-refractivity contribution in [3.05, 3.63) is 63.9 Å². The van der Waals surface area contributed by atoms with Crippen LogP contribution in [0.3, 0.4) is 0 Å². The molecule has 20 heavy (non-hydrogen) atoms. The molecule has 0 aliphatic rings. The topological polar surface area (TPSA) is 21.3 Å². The Balaban J connectivity index is 2.26. The fourth-order valence-electron chi connectivity index (χ4n) is 2.16. The molecule has 0 fully saturated rings. The van der Waals surface area contributed by atoms with Gasteiger partial charge in [0.25, 0.3) is 0 Å². The van der Waals surface area contributed by atoms with Gasteiger partial charge in [-0.05, 0) is 54.9 Å². The molecule has 0 aliphatic carbocycles. The van der Waals surface area contributed by atoms with Crippen molar-refractivity contribution in [2.75, 3.05) is 14.2 Å². The van der Waals surface area contributed by atoms with E-state index < -0.39 is 0 Å². The highest BCUT2D eigenvalue weighted by molar-refractivity contribution is 9.10. The standard InChI is InChI=1S/C16H17BrFNO/c1-19-16(11-4-3-5-13(18)8-11)10-12-9-14(20-2)6-7-15(12)17/h3-9,16,19H,10H2,1-2H3. The number of halogens is 2. The highest BCUT2D eigenvalue weighted by Crippen LogP contribution is 2.27. The minimum absolute atomic E-state index is 0.0501. The maximum Gasteiger partial charge on any atom is 0.123 e. The van der Waals surface area contributed by atoms with Gasteiger partial charge >= 0.3 is 0 Å². The molecule has 0 spiro atoms. The van der Waals surface area contributed by atoms with Gasteiger partial charge in [-0.3, -0.25) is 0 Å². The number of rotatable bonds is 5. The Kier molecular flexibility index (Phi) is 5.15. The summed E-state index contributed by atoms with van der Waals surface area (Å²) in [4.78, 5) is 0. The molecule has 2 aromatic carbocycles. The molecule has 4 heteroatoms. The second-order valence-corrected chi connectivity index (χ2v) is 5.41. The third-order valence-corrected chi connectivity index (χ3v) is 4.05. The molecule has 0 bridgehead atoms. The van der Waals surface area contributed by atoms with Crippen LogP contribution in [0.4, 0.5) is 4.39 Å². The van der Waals surface area contributed by atoms with Crippen molar-refractivity contribution in [3.63, 3.8) is 0 Å². The maximum atomic E-state index is 13.3. The molecule has 2 nitrogen and oxygen atoms in total. The molecule has 0 saturated heterocycles. The smallest absolute Gasteiger partial charge is 0.123 e. The van der Waals surface area contributed by atoms with Crippen molar-refractivity contribution in [3.8, 4) is 5.75 Å². The quantitative estimate of drug-likeness (QED) is 0.886. The largest absolute Gasteiger partial charge is 0.497 e. The molecule has 1 N–H and O–H groups in total. The molecule has 0 saturated carbocycles. The first-order chi connectivity index (χ1) is 9.63. The van der Waals surface area contributed by atoms with E-state index >= 15 is 0 Å². The van der Waals surface area contributed by atoms with Crippen LogP contribution < -0.4 is 10.1 Å². The lowest BCUT2D eigenvalue weighted by Gasteiger charge is -2.18. The van der Waals surface area contributed by atoms with Crippen molar-refractivity contribution in [1.29, 1.82) is 0 Å². The summed E-state index contributed by atoms with van der Waals surface area (Å²) in [7, 11) is 3.53. The van der Waals surface area contributed by atoms with E-state index in [-0.39, 0.29) is 11.9 Å². The average Bonchev–Trinajstić information content (AvgIpc) is 2.46. The first-order valence-electron chi connectivity index (χ1n) is 6.39. The number of benzene rings is 2. The Hall–Kier alpha value is -1.39. The highest BCUT2D eigenvalue weighted by Gasteiger charge is 2.13. The van der Waals surface area contributed by atoms with E-state index in [0.29, 0.717) is 0 Å². The zero-order valence-corrected chi connectivity index (χ0v) is 13.1. The van der Waals surface area contributed by atoms with Crippen LogP contribution in [0.25, 0.3) is 0 Å². The molecule has 2 rings (SSSR count). The summed E-state index contributed by atoms with van der Waals surface area (Å²) in [6, 6.07) is 12.6. The molecule has 0 heterocycles. The average molecular weight is 338 g/mol. The van der Waals surface area contributed by atoms with Gasteiger partial charge in [-0.1, -0.05) is 28.1 Å². The van der Waals surface area contributed by atoms with E-state index in [0.717, 1.165) is 27.8 Å². The fraction of sp³-hybridized carbons (Fsp3) is 0.250. The number of hydrogen-bond acceptors (Lipinski definition) is 2. The molecule has 0 amide bonds. The summed E-state index contributed by atoms with van der Waals surface area (Å²) in [5.41, 5.74) is 2.05. The van der Waals surface area contributed by atoms with Crippen molar-refractivity contribution in [2.45, 2.75) is 12.5 Å². The minimum Gasteiger partial charge on any atom is -0.497 e. The van der Waals surface area contributed by atoms with Crippen LogP contribution >= 0.6 is 15.9 Å². The van der Waals surface area contributed by atoms with Gasteiger partial charge in [-0.25, -0.2) is 4.39 Å². The van der Waals surface area contributed by atoms with E-state index in [1.165, 1.54) is 6.07 Å². The van der Waals surface area contributed by atoms with E-state index in [2.05, 4.69) is 21.2 Å². The molecular formula is C16H17BrFNO. The monoisotopic (exact) mass is 337 g/mol. The number of nitrogens with one attached hydrogen (secondary N) is 1. The normalized spacial score (nSPS) is 12.2. The highest BCUT2D eigenvalue weighted by atomic mass is 79.9. The van der Waals surface area contributed by atoms with Crippen molar-refractivity contribution < 1.29 is 9.13 Å². The van der Waals surface area contributed by atoms with Gasteiger partial charge in [-0.15, -0.1) is 0 Å². The van der Waals surface area contributed by atoms with Crippen LogP contribution in [0.2, 0.25) is 0 Å². The first-order valence-corrected chi connectivity index (χ1v) is 7.18. The third kappa shape index (κ3) is 3.58. The van der Waals surface area contributed by atoms with Crippen LogP contribution in [-0.2, 0) is 6.42 Å². The van der Waals surface area contributed by atoms with Crippen LogP contribution in [0.1, 0.15) is 17.2 Å². The van der Waals surface area contributed by atoms with Gasteiger partial charge in [0, 0.05) is 10.5 Å². The van der Waals surface area contributed by atoms with Crippen molar-refractivity contribution >= 4 is 15.9 Å². The number of methoxy groups -OCH3 is 1. The molecule has 0 aliphatic heterocycles. The molecule has 2 aromatic rings. The molecule has 1 atom stereocenters. The van der Waals surface area contributed by atoms with Gasteiger partial charge in [-0.2, -0.15) is 0 Å². The van der Waals surface area contributed by atoms with E-state index in [9.17, 15) is 4.39 Å². The zero-order chi connectivity index (χ0) is 14.5. The van der Waals surface area contributed by atoms with Crippen LogP contribution in [-0.4, -0.2) is 14.2 Å². The molecule has 0 radical (unpaired) electrons. The summed E-state index contributed by atoms with van der Waals surface area (Å²) >= 11 is 3.55. The van der Waals surface area contributed by atoms with Crippen molar-refractivity contribution in [1.82, 2.24) is 5.32 Å². The minimum atomic E-state index is -0.215. The van der Waals surface area contributed by atoms with Crippen LogP contribution in [0.15, 0.2) is 46.9 Å². The summed E-state index contributed by atoms with van der Waals surface area (Å²) < 4.78 is 19.6. The second kappa shape index (κ2) is 6.86. The van der Waals surface area contributed by atoms with Crippen LogP contribution in [0, 0.1) is 5.82 Å². The van der Waals surface area contributed by atoms with Crippen LogP contribution in [0.5, 0.6) is 5.75 Å². The molecule has 1 unspecified atom stereocenters. The fourth-order valence-corrected chi connectivity index (χ4v) is 2.57. The summed E-state index contributed by atoms with van der Waals surface area (Å²) in [5.74, 6) is 0.602. The van der Waals surface area contributed by atoms with Gasteiger partial charge in [0.2, 0.25) is 0 Å². The second-order valence-electron chi connectivity index (χ2n) is 4.56. The summed E-state index contributed by atoms with van der Waals surface area (Å²) in [6.07, 6.45) is 0.748. The zero-order valence-electron chi connectivity index (χ0n) is 11.5. The first kappa shape index (κ1) is 15.0. The lowest BCUT2D eigenvalue weighted by Crippen LogP contribution is -2.19. The van der Waals surface area contributed by atoms with Gasteiger partial charge in [0.1, 0.15) is 11.6 Å². The maximum absolute atomic E-state index is 13.3. The van der Waals surface area contributed by atoms with E-state index in [1.54, 1.807) is 19.2 Å². The number of likely N-dealkylation sites (N-methyl/N-ethyl adjacent to an activating group) is 1. The Labute approximate surface area is 127 Å².